The highest BCUT2D eigenvalue weighted by atomic mass is 35.5. The molecular weight excluding hydrogens is 379 g/mol. The average Bonchev–Trinajstić information content (AvgIpc) is 2.55. The zero-order chi connectivity index (χ0) is 17.7. The summed E-state index contributed by atoms with van der Waals surface area (Å²) in [6.45, 7) is 0. The lowest BCUT2D eigenvalue weighted by molar-refractivity contribution is -0.116. The first-order valence-electron chi connectivity index (χ1n) is 7.83. The Morgan fingerprint density at radius 1 is 1.24 bits per heavy atom. The third-order valence-corrected chi connectivity index (χ3v) is 5.51. The topological polar surface area (TPSA) is 83.8 Å². The maximum atomic E-state index is 12.7. The molecular formula is C17H14Cl2N4OS. The van der Waals surface area contributed by atoms with E-state index < -0.39 is 0 Å². The van der Waals surface area contributed by atoms with Gasteiger partial charge < -0.3 is 16.0 Å². The molecule has 0 saturated heterocycles. The van der Waals surface area contributed by atoms with E-state index in [4.69, 9.17) is 41.2 Å². The van der Waals surface area contributed by atoms with Crippen LogP contribution in [0.3, 0.4) is 0 Å². The number of aromatic nitrogens is 2. The number of ketones is 1. The summed E-state index contributed by atoms with van der Waals surface area (Å²) in [5, 5.41) is 4.15. The Morgan fingerprint density at radius 2 is 2.04 bits per heavy atom. The molecule has 0 amide bonds. The van der Waals surface area contributed by atoms with E-state index in [9.17, 15) is 4.79 Å². The summed E-state index contributed by atoms with van der Waals surface area (Å²) in [7, 11) is 0. The van der Waals surface area contributed by atoms with E-state index >= 15 is 0 Å². The van der Waals surface area contributed by atoms with Crippen molar-refractivity contribution in [2.75, 3.05) is 11.1 Å². The summed E-state index contributed by atoms with van der Waals surface area (Å²) >= 11 is 17.4. The van der Waals surface area contributed by atoms with Gasteiger partial charge >= 0.3 is 0 Å². The van der Waals surface area contributed by atoms with Gasteiger partial charge in [-0.05, 0) is 42.8 Å². The van der Waals surface area contributed by atoms with Gasteiger partial charge in [0.05, 0.1) is 10.0 Å². The van der Waals surface area contributed by atoms with Crippen LogP contribution in [0, 0.1) is 4.77 Å². The number of anilines is 2. The SMILES string of the molecule is Nc1[nH]c(=S)nc2c1C(c1ccc(Cl)c(Cl)c1)C1=C(CCCC1=O)N2. The van der Waals surface area contributed by atoms with Crippen molar-refractivity contribution in [1.82, 2.24) is 9.97 Å². The lowest BCUT2D eigenvalue weighted by Gasteiger charge is -2.33. The van der Waals surface area contributed by atoms with Gasteiger partial charge in [-0.15, -0.1) is 0 Å². The fourth-order valence-electron chi connectivity index (χ4n) is 3.53. The van der Waals surface area contributed by atoms with Crippen LogP contribution in [-0.2, 0) is 4.79 Å². The van der Waals surface area contributed by atoms with Crippen molar-refractivity contribution in [3.8, 4) is 0 Å². The maximum absolute atomic E-state index is 12.7. The summed E-state index contributed by atoms with van der Waals surface area (Å²) in [5.74, 6) is 0.736. The van der Waals surface area contributed by atoms with Gasteiger partial charge in [0, 0.05) is 29.2 Å². The molecule has 1 aliphatic carbocycles. The van der Waals surface area contributed by atoms with Crippen molar-refractivity contribution in [2.24, 2.45) is 0 Å². The largest absolute Gasteiger partial charge is 0.385 e. The van der Waals surface area contributed by atoms with Crippen molar-refractivity contribution in [3.05, 3.63) is 55.4 Å². The molecule has 4 N–H and O–H groups in total. The first-order valence-corrected chi connectivity index (χ1v) is 9.00. The Morgan fingerprint density at radius 3 is 2.80 bits per heavy atom. The zero-order valence-corrected chi connectivity index (χ0v) is 15.4. The zero-order valence-electron chi connectivity index (χ0n) is 13.0. The number of nitrogens with zero attached hydrogens (tertiary/aromatic N) is 1. The van der Waals surface area contributed by atoms with Crippen LogP contribution in [0.5, 0.6) is 0 Å². The predicted octanol–water partition coefficient (Wildman–Crippen LogP) is 4.59. The summed E-state index contributed by atoms with van der Waals surface area (Å²) in [6, 6.07) is 5.36. The Kier molecular flexibility index (Phi) is 4.06. The standard InChI is InChI=1S/C17H14Cl2N4OS/c18-8-5-4-7(6-9(8)19)12-13-10(2-1-3-11(13)24)21-16-14(12)15(20)22-17(25)23-16/h4-6,12H,1-3H2,(H4,20,21,22,23,25). The van der Waals surface area contributed by atoms with Gasteiger partial charge in [-0.25, -0.2) is 4.98 Å². The first kappa shape index (κ1) is 16.6. The minimum Gasteiger partial charge on any atom is -0.385 e. The summed E-state index contributed by atoms with van der Waals surface area (Å²) in [5.41, 5.74) is 9.37. The van der Waals surface area contributed by atoms with Gasteiger partial charge in [0.15, 0.2) is 10.6 Å². The van der Waals surface area contributed by atoms with E-state index in [1.165, 1.54) is 0 Å². The number of hydrogen-bond acceptors (Lipinski definition) is 5. The monoisotopic (exact) mass is 392 g/mol. The second kappa shape index (κ2) is 6.12. The van der Waals surface area contributed by atoms with Gasteiger partial charge in [-0.3, -0.25) is 4.79 Å². The molecule has 2 heterocycles. The number of carbonyl (C=O) groups excluding carboxylic acids is 1. The average molecular weight is 393 g/mol. The minimum absolute atomic E-state index is 0.109. The molecule has 0 bridgehead atoms. The van der Waals surface area contributed by atoms with Crippen molar-refractivity contribution in [1.29, 1.82) is 0 Å². The second-order valence-electron chi connectivity index (χ2n) is 6.12. The maximum Gasteiger partial charge on any atom is 0.200 e. The fourth-order valence-corrected chi connectivity index (χ4v) is 4.04. The molecule has 128 valence electrons. The van der Waals surface area contributed by atoms with Crippen LogP contribution in [0.2, 0.25) is 10.0 Å². The number of carbonyl (C=O) groups is 1. The molecule has 1 aliphatic heterocycles. The molecule has 1 atom stereocenters. The highest BCUT2D eigenvalue weighted by Crippen LogP contribution is 2.46. The van der Waals surface area contributed by atoms with E-state index in [1.807, 2.05) is 6.07 Å². The van der Waals surface area contributed by atoms with Gasteiger partial charge in [0.1, 0.15) is 11.6 Å². The van der Waals surface area contributed by atoms with Gasteiger partial charge in [0.2, 0.25) is 0 Å². The van der Waals surface area contributed by atoms with Crippen molar-refractivity contribution >= 4 is 52.8 Å². The third-order valence-electron chi connectivity index (χ3n) is 4.58. The van der Waals surface area contributed by atoms with E-state index in [0.29, 0.717) is 38.4 Å². The van der Waals surface area contributed by atoms with Crippen molar-refractivity contribution in [2.45, 2.75) is 25.2 Å². The molecule has 1 aromatic carbocycles. The van der Waals surface area contributed by atoms with Crippen LogP contribution >= 0.6 is 35.4 Å². The normalized spacial score (nSPS) is 19.3. The number of allylic oxidation sites excluding steroid dienone is 2. The summed E-state index contributed by atoms with van der Waals surface area (Å²) in [6.07, 6.45) is 2.11. The molecule has 0 radical (unpaired) electrons. The molecule has 4 rings (SSSR count). The van der Waals surface area contributed by atoms with Gasteiger partial charge in [0.25, 0.3) is 0 Å². The molecule has 0 spiro atoms. The molecule has 5 nitrogen and oxygen atoms in total. The summed E-state index contributed by atoms with van der Waals surface area (Å²) < 4.78 is 0.294. The van der Waals surface area contributed by atoms with Crippen molar-refractivity contribution < 1.29 is 4.79 Å². The Labute approximate surface area is 159 Å². The number of halogens is 2. The van der Waals surface area contributed by atoms with E-state index in [0.717, 1.165) is 29.7 Å². The number of nitrogens with two attached hydrogens (primary N) is 1. The van der Waals surface area contributed by atoms with Crippen molar-refractivity contribution in [3.63, 3.8) is 0 Å². The number of aromatic amines is 1. The number of hydrogen-bond donors (Lipinski definition) is 3. The lowest BCUT2D eigenvalue weighted by atomic mass is 9.76. The molecule has 1 aromatic heterocycles. The smallest absolute Gasteiger partial charge is 0.200 e. The molecule has 2 aromatic rings. The van der Waals surface area contributed by atoms with Crippen LogP contribution in [-0.4, -0.2) is 15.8 Å². The van der Waals surface area contributed by atoms with E-state index in [-0.39, 0.29) is 11.7 Å². The van der Waals surface area contributed by atoms with E-state index in [2.05, 4.69) is 15.3 Å². The number of H-pyrrole nitrogens is 1. The molecule has 0 fully saturated rings. The number of Topliss-reactive ketones (excluding diaryl/α,β-unsaturated/α-hetero) is 1. The van der Waals surface area contributed by atoms with Crippen LogP contribution in [0.25, 0.3) is 0 Å². The van der Waals surface area contributed by atoms with Crippen LogP contribution in [0.4, 0.5) is 11.6 Å². The minimum atomic E-state index is -0.354. The third kappa shape index (κ3) is 2.74. The van der Waals surface area contributed by atoms with Crippen LogP contribution in [0.15, 0.2) is 29.5 Å². The highest BCUT2D eigenvalue weighted by Gasteiger charge is 2.37. The van der Waals surface area contributed by atoms with Crippen LogP contribution < -0.4 is 11.1 Å². The Hall–Kier alpha value is -1.89. The lowest BCUT2D eigenvalue weighted by Crippen LogP contribution is -2.28. The predicted molar refractivity (Wildman–Crippen MR) is 102 cm³/mol. The Bertz CT molecular complexity index is 999. The Balaban J connectivity index is 2.01. The van der Waals surface area contributed by atoms with Gasteiger partial charge in [-0.2, -0.15) is 0 Å². The van der Waals surface area contributed by atoms with E-state index in [1.54, 1.807) is 12.1 Å². The van der Waals surface area contributed by atoms with Crippen LogP contribution in [0.1, 0.15) is 36.3 Å². The number of rotatable bonds is 1. The van der Waals surface area contributed by atoms with Gasteiger partial charge in [-0.1, -0.05) is 29.3 Å². The molecule has 25 heavy (non-hydrogen) atoms. The molecule has 1 unspecified atom stereocenters. The molecule has 0 saturated carbocycles. The molecule has 2 aliphatic rings. The fraction of sp³-hybridized carbons (Fsp3) is 0.235. The number of nitrogen functional groups attached to an aromatic ring is 1. The molecule has 8 heteroatoms. The highest BCUT2D eigenvalue weighted by molar-refractivity contribution is 7.71. The quantitative estimate of drug-likeness (QED) is 0.617. The second-order valence-corrected chi connectivity index (χ2v) is 7.32. The number of benzene rings is 1. The number of nitrogens with one attached hydrogen (secondary N) is 2. The first-order chi connectivity index (χ1) is 12.0. The number of fused-ring (bicyclic) bond motifs is 1. The summed E-state index contributed by atoms with van der Waals surface area (Å²) in [4.78, 5) is 20.0.